The zero-order valence-electron chi connectivity index (χ0n) is 11.3. The standard InChI is InChI=1S/C15H19N3O/c1-10-11(9-17-18(10)2)8-16-14-7-6-13-12(14)4-3-5-15(13)19/h3-5,9,14,16,19H,6-8H2,1-2H3. The highest BCUT2D eigenvalue weighted by Gasteiger charge is 2.24. The van der Waals surface area contributed by atoms with Crippen LogP contribution in [-0.2, 0) is 20.0 Å². The van der Waals surface area contributed by atoms with Gasteiger partial charge in [-0.25, -0.2) is 0 Å². The number of nitrogens with zero attached hydrogens (tertiary/aromatic N) is 2. The lowest BCUT2D eigenvalue weighted by Crippen LogP contribution is -2.19. The van der Waals surface area contributed by atoms with Gasteiger partial charge >= 0.3 is 0 Å². The fourth-order valence-corrected chi connectivity index (χ4v) is 2.80. The van der Waals surface area contributed by atoms with Gasteiger partial charge in [0.05, 0.1) is 6.20 Å². The fraction of sp³-hybridized carbons (Fsp3) is 0.400. The molecular formula is C15H19N3O. The molecule has 1 atom stereocenters. The van der Waals surface area contributed by atoms with Crippen molar-refractivity contribution in [1.82, 2.24) is 15.1 Å². The molecule has 4 nitrogen and oxygen atoms in total. The third-order valence-electron chi connectivity index (χ3n) is 4.12. The molecule has 4 heteroatoms. The Bertz CT molecular complexity index is 603. The molecule has 2 aromatic rings. The molecule has 19 heavy (non-hydrogen) atoms. The van der Waals surface area contributed by atoms with Crippen molar-refractivity contribution >= 4 is 0 Å². The number of benzene rings is 1. The molecule has 1 unspecified atom stereocenters. The van der Waals surface area contributed by atoms with Gasteiger partial charge < -0.3 is 10.4 Å². The zero-order valence-corrected chi connectivity index (χ0v) is 11.3. The van der Waals surface area contributed by atoms with Crippen molar-refractivity contribution in [3.63, 3.8) is 0 Å². The lowest BCUT2D eigenvalue weighted by molar-refractivity contribution is 0.469. The summed E-state index contributed by atoms with van der Waals surface area (Å²) in [5, 5.41) is 17.7. The van der Waals surface area contributed by atoms with Gasteiger partial charge in [0.1, 0.15) is 5.75 Å². The Balaban J connectivity index is 1.74. The Kier molecular flexibility index (Phi) is 3.03. The van der Waals surface area contributed by atoms with Gasteiger partial charge in [0, 0.05) is 30.9 Å². The quantitative estimate of drug-likeness (QED) is 0.886. The highest BCUT2D eigenvalue weighted by Crippen LogP contribution is 2.36. The minimum atomic E-state index is 0.335. The lowest BCUT2D eigenvalue weighted by Gasteiger charge is -2.14. The molecule has 0 bridgehead atoms. The van der Waals surface area contributed by atoms with E-state index in [4.69, 9.17) is 0 Å². The molecule has 0 saturated heterocycles. The Morgan fingerprint density at radius 1 is 1.47 bits per heavy atom. The maximum atomic E-state index is 9.84. The van der Waals surface area contributed by atoms with Gasteiger partial charge in [0.25, 0.3) is 0 Å². The van der Waals surface area contributed by atoms with E-state index in [1.54, 1.807) is 6.07 Å². The molecule has 1 aliphatic rings. The van der Waals surface area contributed by atoms with Crippen molar-refractivity contribution in [2.75, 3.05) is 0 Å². The Morgan fingerprint density at radius 2 is 2.32 bits per heavy atom. The molecular weight excluding hydrogens is 238 g/mol. The number of phenols is 1. The van der Waals surface area contributed by atoms with Gasteiger partial charge in [0.2, 0.25) is 0 Å². The van der Waals surface area contributed by atoms with E-state index in [0.29, 0.717) is 11.8 Å². The topological polar surface area (TPSA) is 50.1 Å². The van der Waals surface area contributed by atoms with Crippen molar-refractivity contribution in [3.8, 4) is 5.75 Å². The number of aryl methyl sites for hydroxylation is 1. The summed E-state index contributed by atoms with van der Waals surface area (Å²) in [6.07, 6.45) is 3.92. The molecule has 0 saturated carbocycles. The first kappa shape index (κ1) is 12.2. The number of fused-ring (bicyclic) bond motifs is 1. The van der Waals surface area contributed by atoms with Gasteiger partial charge in [0.15, 0.2) is 0 Å². The summed E-state index contributed by atoms with van der Waals surface area (Å²) in [5.74, 6) is 0.430. The molecule has 1 aromatic heterocycles. The normalized spacial score (nSPS) is 17.7. The van der Waals surface area contributed by atoms with E-state index >= 15 is 0 Å². The molecule has 1 heterocycles. The molecule has 0 spiro atoms. The molecule has 1 aromatic carbocycles. The van der Waals surface area contributed by atoms with Gasteiger partial charge in [-0.15, -0.1) is 0 Å². The summed E-state index contributed by atoms with van der Waals surface area (Å²) in [6.45, 7) is 2.90. The van der Waals surface area contributed by atoms with Crippen molar-refractivity contribution in [2.45, 2.75) is 32.4 Å². The summed E-state index contributed by atoms with van der Waals surface area (Å²) in [5.41, 5.74) is 4.77. The maximum absolute atomic E-state index is 9.84. The van der Waals surface area contributed by atoms with E-state index in [1.807, 2.05) is 24.0 Å². The minimum Gasteiger partial charge on any atom is -0.508 e. The van der Waals surface area contributed by atoms with Crippen LogP contribution in [0.1, 0.15) is 34.8 Å². The van der Waals surface area contributed by atoms with Gasteiger partial charge in [-0.05, 0) is 37.0 Å². The summed E-state index contributed by atoms with van der Waals surface area (Å²) in [7, 11) is 1.96. The van der Waals surface area contributed by atoms with Gasteiger partial charge in [-0.1, -0.05) is 12.1 Å². The Hall–Kier alpha value is -1.81. The summed E-state index contributed by atoms with van der Waals surface area (Å²) in [4.78, 5) is 0. The molecule has 0 fully saturated rings. The average Bonchev–Trinajstić information content (AvgIpc) is 2.95. The average molecular weight is 257 g/mol. The van der Waals surface area contributed by atoms with Crippen LogP contribution in [0.3, 0.4) is 0 Å². The van der Waals surface area contributed by atoms with E-state index < -0.39 is 0 Å². The SMILES string of the molecule is Cc1c(CNC2CCc3c(O)cccc32)cnn1C. The van der Waals surface area contributed by atoms with Crippen molar-refractivity contribution < 1.29 is 5.11 Å². The second-order valence-corrected chi connectivity index (χ2v) is 5.20. The van der Waals surface area contributed by atoms with E-state index in [-0.39, 0.29) is 0 Å². The number of nitrogens with one attached hydrogen (secondary N) is 1. The number of aromatic nitrogens is 2. The van der Waals surface area contributed by atoms with E-state index in [0.717, 1.165) is 24.9 Å². The highest BCUT2D eigenvalue weighted by atomic mass is 16.3. The van der Waals surface area contributed by atoms with Gasteiger partial charge in [-0.2, -0.15) is 5.10 Å². The number of hydrogen-bond acceptors (Lipinski definition) is 3. The minimum absolute atomic E-state index is 0.335. The van der Waals surface area contributed by atoms with Crippen LogP contribution in [0.2, 0.25) is 0 Å². The predicted molar refractivity (Wildman–Crippen MR) is 74.0 cm³/mol. The first-order valence-corrected chi connectivity index (χ1v) is 6.68. The van der Waals surface area contributed by atoms with Crippen molar-refractivity contribution in [1.29, 1.82) is 0 Å². The maximum Gasteiger partial charge on any atom is 0.119 e. The molecule has 3 rings (SSSR count). The molecule has 100 valence electrons. The number of aromatic hydroxyl groups is 1. The molecule has 0 radical (unpaired) electrons. The summed E-state index contributed by atoms with van der Waals surface area (Å²) in [6, 6.07) is 6.13. The van der Waals surface area contributed by atoms with Crippen molar-refractivity contribution in [3.05, 3.63) is 46.8 Å². The van der Waals surface area contributed by atoms with Crippen LogP contribution in [0.15, 0.2) is 24.4 Å². The molecule has 2 N–H and O–H groups in total. The second kappa shape index (κ2) is 4.70. The number of hydrogen-bond donors (Lipinski definition) is 2. The van der Waals surface area contributed by atoms with Crippen LogP contribution in [0, 0.1) is 6.92 Å². The smallest absolute Gasteiger partial charge is 0.119 e. The van der Waals surface area contributed by atoms with Crippen LogP contribution in [0.4, 0.5) is 0 Å². The number of rotatable bonds is 3. The van der Waals surface area contributed by atoms with Gasteiger partial charge in [-0.3, -0.25) is 4.68 Å². The van der Waals surface area contributed by atoms with Crippen LogP contribution in [-0.4, -0.2) is 14.9 Å². The molecule has 1 aliphatic carbocycles. The van der Waals surface area contributed by atoms with Crippen LogP contribution in [0.5, 0.6) is 5.75 Å². The third-order valence-corrected chi connectivity index (χ3v) is 4.12. The predicted octanol–water partition coefficient (Wildman–Crippen LogP) is 2.21. The van der Waals surface area contributed by atoms with Crippen LogP contribution in [0.25, 0.3) is 0 Å². The Morgan fingerprint density at radius 3 is 3.05 bits per heavy atom. The summed E-state index contributed by atoms with van der Waals surface area (Å²) >= 11 is 0. The van der Waals surface area contributed by atoms with E-state index in [1.165, 1.54) is 16.8 Å². The third kappa shape index (κ3) is 2.12. The van der Waals surface area contributed by atoms with Crippen LogP contribution >= 0.6 is 0 Å². The van der Waals surface area contributed by atoms with E-state index in [9.17, 15) is 5.11 Å². The fourth-order valence-electron chi connectivity index (χ4n) is 2.80. The Labute approximate surface area is 113 Å². The monoisotopic (exact) mass is 257 g/mol. The summed E-state index contributed by atoms with van der Waals surface area (Å²) < 4.78 is 1.89. The van der Waals surface area contributed by atoms with Crippen molar-refractivity contribution in [2.24, 2.45) is 7.05 Å². The molecule has 0 amide bonds. The highest BCUT2D eigenvalue weighted by molar-refractivity contribution is 5.44. The first-order valence-electron chi connectivity index (χ1n) is 6.68. The molecule has 0 aliphatic heterocycles. The zero-order chi connectivity index (χ0) is 13.4. The van der Waals surface area contributed by atoms with Crippen LogP contribution < -0.4 is 5.32 Å². The largest absolute Gasteiger partial charge is 0.508 e. The number of phenolic OH excluding ortho intramolecular Hbond substituents is 1. The first-order chi connectivity index (χ1) is 9.16. The second-order valence-electron chi connectivity index (χ2n) is 5.20. The van der Waals surface area contributed by atoms with E-state index in [2.05, 4.69) is 23.4 Å². The lowest BCUT2D eigenvalue weighted by atomic mass is 10.1.